The Labute approximate surface area is 140 Å². The number of carbonyl (C=O) groups excluding carboxylic acids is 2. The van der Waals surface area contributed by atoms with E-state index in [1.165, 1.54) is 6.92 Å². The van der Waals surface area contributed by atoms with Crippen LogP contribution in [0.4, 0.5) is 17.1 Å². The van der Waals surface area contributed by atoms with Gasteiger partial charge < -0.3 is 16.0 Å². The maximum absolute atomic E-state index is 12.0. The van der Waals surface area contributed by atoms with Gasteiger partial charge >= 0.3 is 0 Å². The van der Waals surface area contributed by atoms with E-state index >= 15 is 0 Å². The summed E-state index contributed by atoms with van der Waals surface area (Å²) in [4.78, 5) is 23.2. The second-order valence-electron chi connectivity index (χ2n) is 5.25. The monoisotopic (exact) mass is 322 g/mol. The maximum atomic E-state index is 12.0. The van der Waals surface area contributed by atoms with Gasteiger partial charge in [-0.1, -0.05) is 6.07 Å². The minimum absolute atomic E-state index is 0.0877. The number of benzene rings is 2. The topological polar surface area (TPSA) is 94.0 Å². The average Bonchev–Trinajstić information content (AvgIpc) is 2.56. The summed E-state index contributed by atoms with van der Waals surface area (Å²) in [5.74, 6) is -0.349. The van der Waals surface area contributed by atoms with Gasteiger partial charge in [-0.05, 0) is 48.9 Å². The van der Waals surface area contributed by atoms with Crippen molar-refractivity contribution in [1.82, 2.24) is 0 Å². The zero-order valence-electron chi connectivity index (χ0n) is 13.5. The van der Waals surface area contributed by atoms with E-state index in [1.54, 1.807) is 36.4 Å². The summed E-state index contributed by atoms with van der Waals surface area (Å²) in [7, 11) is 0. The second-order valence-corrected chi connectivity index (χ2v) is 5.25. The van der Waals surface area contributed by atoms with Gasteiger partial charge in [-0.25, -0.2) is 0 Å². The van der Waals surface area contributed by atoms with E-state index in [-0.39, 0.29) is 18.4 Å². The molecule has 24 heavy (non-hydrogen) atoms. The Hall–Kier alpha value is -3.33. The van der Waals surface area contributed by atoms with Crippen LogP contribution >= 0.6 is 0 Å². The Morgan fingerprint density at radius 3 is 2.33 bits per heavy atom. The molecule has 2 amide bonds. The summed E-state index contributed by atoms with van der Waals surface area (Å²) in [6.07, 6.45) is 0. The van der Waals surface area contributed by atoms with Gasteiger partial charge in [0.15, 0.2) is 0 Å². The lowest BCUT2D eigenvalue weighted by Gasteiger charge is -2.13. The van der Waals surface area contributed by atoms with Crippen molar-refractivity contribution in [3.05, 3.63) is 53.6 Å². The number of nitriles is 1. The van der Waals surface area contributed by atoms with Crippen molar-refractivity contribution in [2.45, 2.75) is 13.8 Å². The highest BCUT2D eigenvalue weighted by molar-refractivity contribution is 5.94. The molecule has 0 aliphatic heterocycles. The van der Waals surface area contributed by atoms with Crippen LogP contribution in [0.3, 0.4) is 0 Å². The molecule has 2 aromatic carbocycles. The highest BCUT2D eigenvalue weighted by atomic mass is 16.2. The van der Waals surface area contributed by atoms with Crippen molar-refractivity contribution in [2.24, 2.45) is 0 Å². The molecule has 0 aliphatic carbocycles. The van der Waals surface area contributed by atoms with Gasteiger partial charge in [-0.2, -0.15) is 5.26 Å². The van der Waals surface area contributed by atoms with Crippen LogP contribution in [-0.4, -0.2) is 18.4 Å². The van der Waals surface area contributed by atoms with E-state index in [0.29, 0.717) is 16.9 Å². The van der Waals surface area contributed by atoms with Crippen LogP contribution in [0.1, 0.15) is 18.1 Å². The predicted octanol–water partition coefficient (Wildman–Crippen LogP) is 2.88. The molecule has 0 heterocycles. The zero-order valence-corrected chi connectivity index (χ0v) is 13.5. The Morgan fingerprint density at radius 1 is 1.04 bits per heavy atom. The fourth-order valence-electron chi connectivity index (χ4n) is 2.16. The molecule has 0 saturated carbocycles. The molecule has 0 spiro atoms. The minimum Gasteiger partial charge on any atom is -0.376 e. The second kappa shape index (κ2) is 7.79. The molecule has 122 valence electrons. The first-order valence-corrected chi connectivity index (χ1v) is 7.40. The van der Waals surface area contributed by atoms with E-state index < -0.39 is 0 Å². The summed E-state index contributed by atoms with van der Waals surface area (Å²) in [5.41, 5.74) is 3.51. The molecule has 0 aliphatic rings. The fraction of sp³-hybridized carbons (Fsp3) is 0.167. The highest BCUT2D eigenvalue weighted by Crippen LogP contribution is 2.23. The number of hydrogen-bond donors (Lipinski definition) is 3. The third kappa shape index (κ3) is 4.58. The number of amides is 2. The van der Waals surface area contributed by atoms with Crippen molar-refractivity contribution in [3.63, 3.8) is 0 Å². The molecule has 3 N–H and O–H groups in total. The van der Waals surface area contributed by atoms with Crippen LogP contribution < -0.4 is 16.0 Å². The Bertz CT molecular complexity index is 792. The lowest BCUT2D eigenvalue weighted by molar-refractivity contribution is -0.115. The summed E-state index contributed by atoms with van der Waals surface area (Å²) >= 11 is 0. The van der Waals surface area contributed by atoms with E-state index in [9.17, 15) is 9.59 Å². The number of anilines is 3. The van der Waals surface area contributed by atoms with E-state index in [0.717, 1.165) is 11.3 Å². The van der Waals surface area contributed by atoms with E-state index in [2.05, 4.69) is 16.0 Å². The smallest absolute Gasteiger partial charge is 0.243 e. The van der Waals surface area contributed by atoms with Crippen molar-refractivity contribution in [1.29, 1.82) is 5.26 Å². The van der Waals surface area contributed by atoms with Crippen molar-refractivity contribution in [3.8, 4) is 6.07 Å². The first-order valence-electron chi connectivity index (χ1n) is 7.40. The van der Waals surface area contributed by atoms with Crippen LogP contribution in [-0.2, 0) is 9.59 Å². The van der Waals surface area contributed by atoms with Crippen LogP contribution in [0.2, 0.25) is 0 Å². The first-order chi connectivity index (χ1) is 11.5. The summed E-state index contributed by atoms with van der Waals surface area (Å²) in [5, 5.41) is 17.3. The quantitative estimate of drug-likeness (QED) is 0.789. The lowest BCUT2D eigenvalue weighted by Crippen LogP contribution is -2.22. The van der Waals surface area contributed by atoms with Gasteiger partial charge in [0, 0.05) is 24.0 Å². The molecule has 0 bridgehead atoms. The van der Waals surface area contributed by atoms with Gasteiger partial charge in [0.05, 0.1) is 18.2 Å². The van der Waals surface area contributed by atoms with E-state index in [4.69, 9.17) is 5.26 Å². The predicted molar refractivity (Wildman–Crippen MR) is 93.8 cm³/mol. The lowest BCUT2D eigenvalue weighted by atomic mass is 10.1. The number of rotatable bonds is 5. The number of hydrogen-bond acceptors (Lipinski definition) is 4. The molecule has 2 rings (SSSR count). The number of carbonyl (C=O) groups is 2. The molecule has 0 radical (unpaired) electrons. The first kappa shape index (κ1) is 17.0. The molecule has 6 heteroatoms. The van der Waals surface area contributed by atoms with Gasteiger partial charge in [-0.15, -0.1) is 0 Å². The van der Waals surface area contributed by atoms with E-state index in [1.807, 2.05) is 19.1 Å². The molecule has 0 atom stereocenters. The van der Waals surface area contributed by atoms with Gasteiger partial charge in [0.1, 0.15) is 0 Å². The van der Waals surface area contributed by atoms with Crippen LogP contribution in [0.25, 0.3) is 0 Å². The number of nitrogens with zero attached hydrogens (tertiary/aromatic N) is 1. The number of nitrogens with one attached hydrogen (secondary N) is 3. The molecular formula is C18H18N4O2. The summed E-state index contributed by atoms with van der Waals surface area (Å²) in [6, 6.07) is 14.1. The Morgan fingerprint density at radius 2 is 1.71 bits per heavy atom. The maximum Gasteiger partial charge on any atom is 0.243 e. The minimum atomic E-state index is -0.205. The molecule has 0 fully saturated rings. The van der Waals surface area contributed by atoms with Crippen LogP contribution in [0.15, 0.2) is 42.5 Å². The Kier molecular flexibility index (Phi) is 5.53. The summed E-state index contributed by atoms with van der Waals surface area (Å²) < 4.78 is 0. The van der Waals surface area contributed by atoms with Gasteiger partial charge in [0.25, 0.3) is 0 Å². The molecule has 2 aromatic rings. The molecule has 0 unspecified atom stereocenters. The highest BCUT2D eigenvalue weighted by Gasteiger charge is 2.07. The third-order valence-corrected chi connectivity index (χ3v) is 3.38. The molecule has 0 aromatic heterocycles. The SMILES string of the molecule is CC(=O)Nc1cccc(NCC(=O)Nc2ccc(C#N)cc2)c1C. The van der Waals surface area contributed by atoms with Crippen LogP contribution in [0.5, 0.6) is 0 Å². The standard InChI is InChI=1S/C18H18N4O2/c1-12-16(4-3-5-17(12)21-13(2)23)20-11-18(24)22-15-8-6-14(10-19)7-9-15/h3-9,20H,11H2,1-2H3,(H,21,23)(H,22,24). The normalized spacial score (nSPS) is 9.71. The van der Waals surface area contributed by atoms with Gasteiger partial charge in [-0.3, -0.25) is 9.59 Å². The largest absolute Gasteiger partial charge is 0.376 e. The van der Waals surface area contributed by atoms with Crippen molar-refractivity contribution >= 4 is 28.9 Å². The molecular weight excluding hydrogens is 304 g/mol. The van der Waals surface area contributed by atoms with Crippen LogP contribution in [0, 0.1) is 18.3 Å². The van der Waals surface area contributed by atoms with Crippen molar-refractivity contribution < 1.29 is 9.59 Å². The molecule has 6 nitrogen and oxygen atoms in total. The molecule has 0 saturated heterocycles. The third-order valence-electron chi connectivity index (χ3n) is 3.38. The summed E-state index contributed by atoms with van der Waals surface area (Å²) in [6.45, 7) is 3.40. The average molecular weight is 322 g/mol. The van der Waals surface area contributed by atoms with Crippen molar-refractivity contribution in [2.75, 3.05) is 22.5 Å². The van der Waals surface area contributed by atoms with Gasteiger partial charge in [0.2, 0.25) is 11.8 Å². The Balaban J connectivity index is 1.96. The zero-order chi connectivity index (χ0) is 17.5. The fourth-order valence-corrected chi connectivity index (χ4v) is 2.16.